The zero-order valence-corrected chi connectivity index (χ0v) is 16.8. The third kappa shape index (κ3) is 5.89. The standard InChI is InChI=1S/C23H29N3O3/c1-2-24-22(28)16-26-13-12-21(27)20(15-26)23(29)25-14-17-8-10-19(11-9-17)18-6-4-3-5-7-18/h3-11,20-21,27H,2,12-16H2,1H3,(H,24,28)(H,25,29)/t20-,21+/m0/s1. The van der Waals surface area contributed by atoms with Crippen LogP contribution in [0.1, 0.15) is 18.9 Å². The highest BCUT2D eigenvalue weighted by atomic mass is 16.3. The molecule has 1 aliphatic rings. The van der Waals surface area contributed by atoms with Crippen molar-refractivity contribution >= 4 is 11.8 Å². The lowest BCUT2D eigenvalue weighted by atomic mass is 9.93. The average Bonchev–Trinajstić information content (AvgIpc) is 2.74. The van der Waals surface area contributed by atoms with E-state index in [-0.39, 0.29) is 18.4 Å². The van der Waals surface area contributed by atoms with Gasteiger partial charge in [-0.3, -0.25) is 14.5 Å². The summed E-state index contributed by atoms with van der Waals surface area (Å²) < 4.78 is 0. The van der Waals surface area contributed by atoms with Gasteiger partial charge in [-0.25, -0.2) is 0 Å². The molecular weight excluding hydrogens is 366 g/mol. The molecule has 2 amide bonds. The molecule has 2 aromatic carbocycles. The van der Waals surface area contributed by atoms with Crippen LogP contribution in [-0.2, 0) is 16.1 Å². The lowest BCUT2D eigenvalue weighted by molar-refractivity contribution is -0.133. The van der Waals surface area contributed by atoms with Crippen LogP contribution in [0, 0.1) is 5.92 Å². The normalized spacial score (nSPS) is 19.5. The SMILES string of the molecule is CCNC(=O)CN1CC[C@@H](O)[C@@H](C(=O)NCc2ccc(-c3ccccc3)cc2)C1. The molecule has 6 heteroatoms. The Morgan fingerprint density at radius 2 is 1.72 bits per heavy atom. The summed E-state index contributed by atoms with van der Waals surface area (Å²) in [5.41, 5.74) is 3.28. The van der Waals surface area contributed by atoms with Crippen LogP contribution in [-0.4, -0.2) is 54.1 Å². The second kappa shape index (κ2) is 10.2. The van der Waals surface area contributed by atoms with Crippen molar-refractivity contribution in [1.29, 1.82) is 0 Å². The second-order valence-electron chi connectivity index (χ2n) is 7.43. The van der Waals surface area contributed by atoms with Crippen LogP contribution in [0.15, 0.2) is 54.6 Å². The number of carbonyl (C=O) groups excluding carboxylic acids is 2. The summed E-state index contributed by atoms with van der Waals surface area (Å²) in [6, 6.07) is 18.2. The van der Waals surface area contributed by atoms with Gasteiger partial charge in [0.25, 0.3) is 0 Å². The molecule has 0 saturated carbocycles. The van der Waals surface area contributed by atoms with Crippen molar-refractivity contribution in [3.63, 3.8) is 0 Å². The van der Waals surface area contributed by atoms with E-state index < -0.39 is 12.0 Å². The van der Waals surface area contributed by atoms with E-state index in [1.807, 2.05) is 54.3 Å². The molecular formula is C23H29N3O3. The van der Waals surface area contributed by atoms with Crippen LogP contribution in [0.25, 0.3) is 11.1 Å². The number of hydrogen-bond donors (Lipinski definition) is 3. The number of nitrogens with zero attached hydrogens (tertiary/aromatic N) is 1. The third-order valence-electron chi connectivity index (χ3n) is 5.27. The summed E-state index contributed by atoms with van der Waals surface area (Å²) in [7, 11) is 0. The number of likely N-dealkylation sites (N-methyl/N-ethyl adjacent to an activating group) is 1. The van der Waals surface area contributed by atoms with Crippen molar-refractivity contribution in [3.05, 3.63) is 60.2 Å². The zero-order valence-electron chi connectivity index (χ0n) is 16.8. The van der Waals surface area contributed by atoms with E-state index in [9.17, 15) is 14.7 Å². The molecule has 1 fully saturated rings. The molecule has 1 aliphatic heterocycles. The summed E-state index contributed by atoms with van der Waals surface area (Å²) in [6.07, 6.45) is -0.190. The van der Waals surface area contributed by atoms with Gasteiger partial charge in [0.2, 0.25) is 11.8 Å². The Kier molecular flexibility index (Phi) is 7.38. The maximum absolute atomic E-state index is 12.6. The number of amides is 2. The van der Waals surface area contributed by atoms with Gasteiger partial charge in [-0.15, -0.1) is 0 Å². The molecule has 2 aromatic rings. The molecule has 0 aromatic heterocycles. The van der Waals surface area contributed by atoms with E-state index >= 15 is 0 Å². The smallest absolute Gasteiger partial charge is 0.234 e. The van der Waals surface area contributed by atoms with Gasteiger partial charge in [0.15, 0.2) is 0 Å². The van der Waals surface area contributed by atoms with E-state index in [0.29, 0.717) is 32.6 Å². The Morgan fingerprint density at radius 1 is 1.03 bits per heavy atom. The number of aliphatic hydroxyl groups excluding tert-OH is 1. The number of rotatable bonds is 7. The first-order valence-electron chi connectivity index (χ1n) is 10.2. The van der Waals surface area contributed by atoms with Crippen LogP contribution in [0.3, 0.4) is 0 Å². The largest absolute Gasteiger partial charge is 0.392 e. The molecule has 0 radical (unpaired) electrons. The fraction of sp³-hybridized carbons (Fsp3) is 0.391. The van der Waals surface area contributed by atoms with E-state index in [1.165, 1.54) is 0 Å². The quantitative estimate of drug-likeness (QED) is 0.668. The van der Waals surface area contributed by atoms with Gasteiger partial charge >= 0.3 is 0 Å². The molecule has 0 aliphatic carbocycles. The van der Waals surface area contributed by atoms with Gasteiger partial charge in [-0.2, -0.15) is 0 Å². The summed E-state index contributed by atoms with van der Waals surface area (Å²) in [4.78, 5) is 26.4. The van der Waals surface area contributed by atoms with Crippen LogP contribution < -0.4 is 10.6 Å². The number of nitrogens with one attached hydrogen (secondary N) is 2. The highest BCUT2D eigenvalue weighted by Crippen LogP contribution is 2.20. The number of likely N-dealkylation sites (tertiary alicyclic amines) is 1. The molecule has 29 heavy (non-hydrogen) atoms. The Bertz CT molecular complexity index is 808. The van der Waals surface area contributed by atoms with Crippen LogP contribution in [0.5, 0.6) is 0 Å². The molecule has 0 spiro atoms. The van der Waals surface area contributed by atoms with Crippen molar-refractivity contribution in [3.8, 4) is 11.1 Å². The minimum atomic E-state index is -0.680. The molecule has 0 unspecified atom stereocenters. The van der Waals surface area contributed by atoms with Crippen molar-refractivity contribution < 1.29 is 14.7 Å². The molecule has 154 valence electrons. The van der Waals surface area contributed by atoms with E-state index in [0.717, 1.165) is 16.7 Å². The summed E-state index contributed by atoms with van der Waals surface area (Å²) in [5.74, 6) is -0.756. The summed E-state index contributed by atoms with van der Waals surface area (Å²) in [5, 5.41) is 16.0. The molecule has 2 atom stereocenters. The predicted molar refractivity (Wildman–Crippen MR) is 113 cm³/mol. The average molecular weight is 396 g/mol. The molecule has 6 nitrogen and oxygen atoms in total. The van der Waals surface area contributed by atoms with Crippen molar-refractivity contribution in [2.45, 2.75) is 26.0 Å². The topological polar surface area (TPSA) is 81.7 Å². The first-order valence-corrected chi connectivity index (χ1v) is 10.2. The van der Waals surface area contributed by atoms with E-state index in [1.54, 1.807) is 0 Å². The monoisotopic (exact) mass is 395 g/mol. The van der Waals surface area contributed by atoms with Gasteiger partial charge in [-0.05, 0) is 30.0 Å². The fourth-order valence-electron chi connectivity index (χ4n) is 3.63. The van der Waals surface area contributed by atoms with Crippen LogP contribution in [0.2, 0.25) is 0 Å². The first kappa shape index (κ1) is 21.0. The highest BCUT2D eigenvalue weighted by Gasteiger charge is 2.33. The predicted octanol–water partition coefficient (Wildman–Crippen LogP) is 1.79. The van der Waals surface area contributed by atoms with Gasteiger partial charge in [0.05, 0.1) is 18.6 Å². The highest BCUT2D eigenvalue weighted by molar-refractivity contribution is 5.80. The molecule has 3 N–H and O–H groups in total. The molecule has 1 heterocycles. The molecule has 1 saturated heterocycles. The lowest BCUT2D eigenvalue weighted by Gasteiger charge is -2.34. The minimum absolute atomic E-state index is 0.0541. The zero-order chi connectivity index (χ0) is 20.6. The van der Waals surface area contributed by atoms with E-state index in [2.05, 4.69) is 22.8 Å². The Labute approximate surface area is 171 Å². The number of aliphatic hydroxyl groups is 1. The third-order valence-corrected chi connectivity index (χ3v) is 5.27. The number of piperidine rings is 1. The van der Waals surface area contributed by atoms with Crippen molar-refractivity contribution in [1.82, 2.24) is 15.5 Å². The number of benzene rings is 2. The van der Waals surface area contributed by atoms with Gasteiger partial charge in [0, 0.05) is 26.2 Å². The minimum Gasteiger partial charge on any atom is -0.392 e. The Morgan fingerprint density at radius 3 is 2.41 bits per heavy atom. The number of hydrogen-bond acceptors (Lipinski definition) is 4. The first-order chi connectivity index (χ1) is 14.1. The van der Waals surface area contributed by atoms with Gasteiger partial charge in [0.1, 0.15) is 0 Å². The van der Waals surface area contributed by atoms with Crippen molar-refractivity contribution in [2.75, 3.05) is 26.2 Å². The Balaban J connectivity index is 1.53. The summed E-state index contributed by atoms with van der Waals surface area (Å²) in [6.45, 7) is 4.13. The molecule has 3 rings (SSSR count). The maximum Gasteiger partial charge on any atom is 0.234 e. The van der Waals surface area contributed by atoms with Crippen molar-refractivity contribution in [2.24, 2.45) is 5.92 Å². The molecule has 0 bridgehead atoms. The maximum atomic E-state index is 12.6. The Hall–Kier alpha value is -2.70. The second-order valence-corrected chi connectivity index (χ2v) is 7.43. The number of carbonyl (C=O) groups is 2. The lowest BCUT2D eigenvalue weighted by Crippen LogP contribution is -2.51. The van der Waals surface area contributed by atoms with E-state index in [4.69, 9.17) is 0 Å². The van der Waals surface area contributed by atoms with Crippen LogP contribution in [0.4, 0.5) is 0 Å². The van der Waals surface area contributed by atoms with Gasteiger partial charge < -0.3 is 15.7 Å². The fourth-order valence-corrected chi connectivity index (χ4v) is 3.63. The van der Waals surface area contributed by atoms with Gasteiger partial charge in [-0.1, -0.05) is 54.6 Å². The summed E-state index contributed by atoms with van der Waals surface area (Å²) >= 11 is 0. The van der Waals surface area contributed by atoms with Crippen LogP contribution >= 0.6 is 0 Å².